The second-order valence-electron chi connectivity index (χ2n) is 18.6. The zero-order valence-electron chi connectivity index (χ0n) is 38.4. The summed E-state index contributed by atoms with van der Waals surface area (Å²) in [5.74, 6) is -0.0333. The normalized spacial score (nSPS) is 17.1. The van der Waals surface area contributed by atoms with E-state index >= 15 is 0 Å². The van der Waals surface area contributed by atoms with Gasteiger partial charge in [-0.15, -0.1) is 0 Å². The Hall–Kier alpha value is -4.40. The van der Waals surface area contributed by atoms with Gasteiger partial charge < -0.3 is 33.3 Å². The lowest BCUT2D eigenvalue weighted by Gasteiger charge is -2.42. The van der Waals surface area contributed by atoms with Gasteiger partial charge in [0.05, 0.1) is 13.7 Å². The van der Waals surface area contributed by atoms with E-state index in [0.717, 1.165) is 54.0 Å². The molecular weight excluding hydrogens is 793 g/mol. The Balaban J connectivity index is 1.62. The number of fused-ring (bicyclic) bond motifs is 1. The highest BCUT2D eigenvalue weighted by molar-refractivity contribution is 6.78. The summed E-state index contributed by atoms with van der Waals surface area (Å²) in [4.78, 5) is 51.9. The van der Waals surface area contributed by atoms with Gasteiger partial charge in [-0.3, -0.25) is 19.4 Å². The van der Waals surface area contributed by atoms with E-state index in [1.807, 2.05) is 6.07 Å². The topological polar surface area (TPSA) is 147 Å². The lowest BCUT2D eigenvalue weighted by atomic mass is 9.91. The molecule has 2 amide bonds. The lowest BCUT2D eigenvalue weighted by Crippen LogP contribution is -2.60. The zero-order chi connectivity index (χ0) is 44.6. The first-order valence-electron chi connectivity index (χ1n) is 22.1. The monoisotopic (exact) mass is 862 g/mol. The number of hydrogen-bond acceptors (Lipinski definition) is 10. The molecule has 0 saturated carbocycles. The molecule has 1 unspecified atom stereocenters. The smallest absolute Gasteiger partial charge is 0.408 e. The molecule has 5 rings (SSSR count). The molecule has 0 spiro atoms. The van der Waals surface area contributed by atoms with E-state index in [0.29, 0.717) is 61.5 Å². The van der Waals surface area contributed by atoms with Crippen molar-refractivity contribution in [2.45, 2.75) is 155 Å². The van der Waals surface area contributed by atoms with Crippen LogP contribution < -0.4 is 15.2 Å². The molecule has 13 nitrogen and oxygen atoms in total. The van der Waals surface area contributed by atoms with Gasteiger partial charge >= 0.3 is 18.0 Å². The molecule has 14 heteroatoms. The molecule has 0 aliphatic carbocycles. The van der Waals surface area contributed by atoms with Gasteiger partial charge in [-0.05, 0) is 116 Å². The maximum Gasteiger partial charge on any atom is 0.408 e. The summed E-state index contributed by atoms with van der Waals surface area (Å²) in [7, 11) is -1.12. The molecule has 0 radical (unpaired) electrons. The minimum Gasteiger partial charge on any atom is -0.543 e. The number of nitrogens with zero attached hydrogens (tertiary/aromatic N) is 2. The molecular formula is C47H70N4O9Si. The van der Waals surface area contributed by atoms with Crippen molar-refractivity contribution in [2.24, 2.45) is 0 Å². The molecule has 1 aromatic heterocycles. The van der Waals surface area contributed by atoms with Crippen molar-refractivity contribution >= 4 is 43.2 Å². The molecule has 2 fully saturated rings. The Morgan fingerprint density at radius 3 is 2.25 bits per heavy atom. The molecule has 2 aliphatic heterocycles. The fourth-order valence-corrected chi connectivity index (χ4v) is 14.6. The van der Waals surface area contributed by atoms with E-state index in [4.69, 9.17) is 23.4 Å². The first-order chi connectivity index (χ1) is 28.8. The number of hydrazine groups is 1. The summed E-state index contributed by atoms with van der Waals surface area (Å²) < 4.78 is 31.3. The lowest BCUT2D eigenvalue weighted by molar-refractivity contribution is -0.150. The number of ether oxygens (including phenoxy) is 4. The van der Waals surface area contributed by atoms with Crippen LogP contribution in [0.25, 0.3) is 22.0 Å². The molecule has 2 aliphatic rings. The number of hydrogen-bond donors (Lipinski definition) is 2. The summed E-state index contributed by atoms with van der Waals surface area (Å²) in [5.41, 5.74) is 8.25. The summed E-state index contributed by atoms with van der Waals surface area (Å²) in [6.45, 7) is 23.1. The van der Waals surface area contributed by atoms with Crippen molar-refractivity contribution in [2.75, 3.05) is 33.5 Å². The predicted molar refractivity (Wildman–Crippen MR) is 240 cm³/mol. The SMILES string of the molecule is COC(=O)[C@@H]1CCCN(C(=O)C(Cc2cc(O[Si](C(C)C)(C(C)C)C(C)C)cc(-c3ccc4c(C5CCOCC5)cn(CCCOC(C)=O)c4c3)c2)NC(=O)OC(C)(C)C)N1. The first kappa shape index (κ1) is 47.6. The highest BCUT2D eigenvalue weighted by Gasteiger charge is 2.47. The number of benzene rings is 2. The highest BCUT2D eigenvalue weighted by Crippen LogP contribution is 2.44. The average molecular weight is 863 g/mol. The van der Waals surface area contributed by atoms with E-state index in [-0.39, 0.29) is 12.4 Å². The summed E-state index contributed by atoms with van der Waals surface area (Å²) in [6, 6.07) is 11.0. The first-order valence-corrected chi connectivity index (χ1v) is 24.3. The second kappa shape index (κ2) is 20.6. The van der Waals surface area contributed by atoms with Crippen LogP contribution in [0.5, 0.6) is 5.75 Å². The maximum atomic E-state index is 14.4. The molecule has 2 saturated heterocycles. The van der Waals surface area contributed by atoms with Crippen molar-refractivity contribution < 1.29 is 42.6 Å². The van der Waals surface area contributed by atoms with Crippen molar-refractivity contribution in [3.63, 3.8) is 0 Å². The molecule has 2 aromatic carbocycles. The van der Waals surface area contributed by atoms with Crippen LogP contribution in [0.4, 0.5) is 4.79 Å². The summed E-state index contributed by atoms with van der Waals surface area (Å²) in [6.07, 6.45) is 5.36. The molecule has 336 valence electrons. The van der Waals surface area contributed by atoms with Gasteiger partial charge in [-0.25, -0.2) is 10.2 Å². The Labute approximate surface area is 363 Å². The van der Waals surface area contributed by atoms with Crippen LogP contribution in [0, 0.1) is 0 Å². The van der Waals surface area contributed by atoms with E-state index in [1.165, 1.54) is 30.0 Å². The number of esters is 2. The van der Waals surface area contributed by atoms with Crippen LogP contribution in [-0.2, 0) is 46.3 Å². The van der Waals surface area contributed by atoms with Gasteiger partial charge in [0.2, 0.25) is 0 Å². The van der Waals surface area contributed by atoms with Crippen molar-refractivity contribution in [3.05, 3.63) is 53.7 Å². The Morgan fingerprint density at radius 1 is 0.934 bits per heavy atom. The fraction of sp³-hybridized carbons (Fsp3) is 0.617. The third-order valence-corrected chi connectivity index (χ3v) is 18.1. The van der Waals surface area contributed by atoms with Crippen molar-refractivity contribution in [1.29, 1.82) is 0 Å². The number of carbonyl (C=O) groups excluding carboxylic acids is 4. The van der Waals surface area contributed by atoms with Crippen LogP contribution in [0.1, 0.15) is 118 Å². The van der Waals surface area contributed by atoms with Crippen LogP contribution in [0.3, 0.4) is 0 Å². The molecule has 3 heterocycles. The van der Waals surface area contributed by atoms with E-state index in [1.54, 1.807) is 20.8 Å². The predicted octanol–water partition coefficient (Wildman–Crippen LogP) is 8.81. The highest BCUT2D eigenvalue weighted by atomic mass is 28.4. The number of rotatable bonds is 16. The van der Waals surface area contributed by atoms with E-state index in [9.17, 15) is 19.2 Å². The largest absolute Gasteiger partial charge is 0.543 e. The van der Waals surface area contributed by atoms with Crippen LogP contribution in [0.15, 0.2) is 42.6 Å². The third kappa shape index (κ3) is 12.0. The Morgan fingerprint density at radius 2 is 1.62 bits per heavy atom. The van der Waals surface area contributed by atoms with Crippen molar-refractivity contribution in [3.8, 4) is 16.9 Å². The quantitative estimate of drug-likeness (QED) is 0.0620. The number of aryl methyl sites for hydroxylation is 1. The Kier molecular flexibility index (Phi) is 16.1. The minimum atomic E-state index is -2.44. The van der Waals surface area contributed by atoms with Gasteiger partial charge in [0.25, 0.3) is 14.2 Å². The number of methoxy groups -OCH3 is 1. The number of nitrogens with one attached hydrogen (secondary N) is 2. The average Bonchev–Trinajstić information content (AvgIpc) is 3.57. The maximum absolute atomic E-state index is 14.4. The van der Waals surface area contributed by atoms with Gasteiger partial charge in [-0.1, -0.05) is 59.7 Å². The van der Waals surface area contributed by atoms with Crippen molar-refractivity contribution in [1.82, 2.24) is 20.3 Å². The zero-order valence-corrected chi connectivity index (χ0v) is 39.4. The van der Waals surface area contributed by atoms with Crippen LogP contribution in [-0.4, -0.2) is 93.0 Å². The summed E-state index contributed by atoms with van der Waals surface area (Å²) in [5, 5.41) is 5.48. The molecule has 3 aromatic rings. The fourth-order valence-electron chi connectivity index (χ4n) is 9.36. The molecule has 61 heavy (non-hydrogen) atoms. The van der Waals surface area contributed by atoms with Gasteiger partial charge in [0.1, 0.15) is 23.4 Å². The number of alkyl carbamates (subject to hydrolysis) is 1. The Bertz CT molecular complexity index is 1980. The molecule has 0 bridgehead atoms. The third-order valence-electron chi connectivity index (χ3n) is 12.1. The van der Waals surface area contributed by atoms with Crippen LogP contribution >= 0.6 is 0 Å². The van der Waals surface area contributed by atoms with Gasteiger partial charge in [0.15, 0.2) is 0 Å². The minimum absolute atomic E-state index is 0.131. The second-order valence-corrected chi connectivity index (χ2v) is 24.0. The van der Waals surface area contributed by atoms with Gasteiger partial charge in [0, 0.05) is 56.7 Å². The number of aromatic nitrogens is 1. The number of amides is 2. The van der Waals surface area contributed by atoms with E-state index in [2.05, 4.69) is 93.4 Å². The standard InChI is InChI=1S/C47H70N4O9Si/c1-30(2)61(31(3)4,32(5)6)60-38-25-34(26-42(48-46(55)59-47(8,9)10)44(53)51-20-12-14-41(49-51)45(54)56-11)24-37(27-38)36-15-16-39-40(35-17-22-57-23-18-35)29-50(43(39)28-36)19-13-21-58-33(7)52/h15-16,24-25,27-32,35,41-42,49H,12-14,17-23,26H2,1-11H3,(H,48,55)/t41-,42?/m0/s1. The van der Waals surface area contributed by atoms with Gasteiger partial charge in [-0.2, -0.15) is 0 Å². The van der Waals surface area contributed by atoms with Crippen LogP contribution in [0.2, 0.25) is 16.6 Å². The molecule has 2 atom stereocenters. The van der Waals surface area contributed by atoms with E-state index < -0.39 is 44.0 Å². The summed E-state index contributed by atoms with van der Waals surface area (Å²) >= 11 is 0. The molecule has 2 N–H and O–H groups in total. The number of carbonyl (C=O) groups is 4.